The summed E-state index contributed by atoms with van der Waals surface area (Å²) in [7, 11) is 2.00. The molecule has 25 heavy (non-hydrogen) atoms. The Bertz CT molecular complexity index is 977. The molecule has 130 valence electrons. The van der Waals surface area contributed by atoms with Gasteiger partial charge in [-0.2, -0.15) is 0 Å². The number of carbonyl (C=O) groups excluding carboxylic acids is 1. The normalized spacial score (nSPS) is 11.2. The highest BCUT2D eigenvalue weighted by Crippen LogP contribution is 2.23. The van der Waals surface area contributed by atoms with Crippen LogP contribution in [-0.4, -0.2) is 22.8 Å². The zero-order chi connectivity index (χ0) is 18.0. The third-order valence-electron chi connectivity index (χ3n) is 3.69. The third-order valence-corrected chi connectivity index (χ3v) is 4.58. The van der Waals surface area contributed by atoms with Gasteiger partial charge in [0.25, 0.3) is 0 Å². The summed E-state index contributed by atoms with van der Waals surface area (Å²) in [5.41, 5.74) is 1.57. The van der Waals surface area contributed by atoms with Crippen molar-refractivity contribution >= 4 is 33.9 Å². The molecule has 1 aromatic carbocycles. The molecule has 0 unspecified atom stereocenters. The lowest BCUT2D eigenvalue weighted by molar-refractivity contribution is -0.114. The van der Waals surface area contributed by atoms with E-state index in [0.29, 0.717) is 17.8 Å². The summed E-state index contributed by atoms with van der Waals surface area (Å²) in [5.74, 6) is -0.169. The molecule has 0 atom stereocenters. The SMILES string of the molecule is CC(=O)Nc1ccc2c(CN(C)Cc3cnc(C)s3)cc(=O)oc2c1. The van der Waals surface area contributed by atoms with Crippen molar-refractivity contribution in [1.29, 1.82) is 0 Å². The number of nitrogens with one attached hydrogen (secondary N) is 1. The van der Waals surface area contributed by atoms with E-state index >= 15 is 0 Å². The fraction of sp³-hybridized carbons (Fsp3) is 0.278. The maximum Gasteiger partial charge on any atom is 0.336 e. The van der Waals surface area contributed by atoms with Gasteiger partial charge in [-0.05, 0) is 31.7 Å². The molecule has 0 aliphatic rings. The molecule has 0 radical (unpaired) electrons. The molecule has 0 aliphatic carbocycles. The van der Waals surface area contributed by atoms with Gasteiger partial charge in [0.15, 0.2) is 0 Å². The van der Waals surface area contributed by atoms with Crippen LogP contribution in [0.4, 0.5) is 5.69 Å². The zero-order valence-corrected chi connectivity index (χ0v) is 15.1. The second-order valence-corrected chi connectivity index (χ2v) is 7.32. The van der Waals surface area contributed by atoms with Gasteiger partial charge in [0.2, 0.25) is 5.91 Å². The van der Waals surface area contributed by atoms with Crippen LogP contribution in [0.1, 0.15) is 22.4 Å². The zero-order valence-electron chi connectivity index (χ0n) is 14.3. The largest absolute Gasteiger partial charge is 0.423 e. The minimum Gasteiger partial charge on any atom is -0.423 e. The fourth-order valence-corrected chi connectivity index (χ4v) is 3.61. The number of aryl methyl sites for hydroxylation is 1. The van der Waals surface area contributed by atoms with Crippen molar-refractivity contribution in [3.05, 3.63) is 56.3 Å². The summed E-state index contributed by atoms with van der Waals surface area (Å²) in [4.78, 5) is 30.7. The number of nitrogens with zero attached hydrogens (tertiary/aromatic N) is 2. The maximum absolute atomic E-state index is 11.9. The number of hydrogen-bond acceptors (Lipinski definition) is 6. The highest BCUT2D eigenvalue weighted by Gasteiger charge is 2.11. The van der Waals surface area contributed by atoms with Gasteiger partial charge in [-0.15, -0.1) is 11.3 Å². The van der Waals surface area contributed by atoms with Crippen molar-refractivity contribution in [3.63, 3.8) is 0 Å². The number of fused-ring (bicyclic) bond motifs is 1. The number of anilines is 1. The number of carbonyl (C=O) groups is 1. The average Bonchev–Trinajstić information content (AvgIpc) is 2.90. The molecule has 0 spiro atoms. The quantitative estimate of drug-likeness (QED) is 0.710. The molecule has 0 saturated carbocycles. The Labute approximate surface area is 149 Å². The first-order valence-electron chi connectivity index (χ1n) is 7.85. The lowest BCUT2D eigenvalue weighted by Crippen LogP contribution is -2.18. The monoisotopic (exact) mass is 357 g/mol. The molecular weight excluding hydrogens is 338 g/mol. The Morgan fingerprint density at radius 2 is 2.12 bits per heavy atom. The number of amides is 1. The molecule has 3 rings (SSSR count). The molecule has 0 bridgehead atoms. The van der Waals surface area contributed by atoms with Crippen LogP contribution in [0, 0.1) is 6.92 Å². The van der Waals surface area contributed by atoms with Gasteiger partial charge >= 0.3 is 5.63 Å². The van der Waals surface area contributed by atoms with E-state index in [1.807, 2.05) is 26.2 Å². The van der Waals surface area contributed by atoms with E-state index in [4.69, 9.17) is 4.42 Å². The van der Waals surface area contributed by atoms with E-state index in [9.17, 15) is 9.59 Å². The summed E-state index contributed by atoms with van der Waals surface area (Å²) >= 11 is 1.67. The Hall–Kier alpha value is -2.51. The number of hydrogen-bond donors (Lipinski definition) is 1. The van der Waals surface area contributed by atoms with Crippen LogP contribution in [-0.2, 0) is 17.9 Å². The van der Waals surface area contributed by atoms with Crippen LogP contribution < -0.4 is 10.9 Å². The van der Waals surface area contributed by atoms with Crippen LogP contribution >= 0.6 is 11.3 Å². The van der Waals surface area contributed by atoms with Crippen molar-refractivity contribution in [3.8, 4) is 0 Å². The van der Waals surface area contributed by atoms with E-state index in [-0.39, 0.29) is 5.91 Å². The highest BCUT2D eigenvalue weighted by molar-refractivity contribution is 7.11. The minimum absolute atomic E-state index is 0.169. The lowest BCUT2D eigenvalue weighted by Gasteiger charge is -2.16. The molecule has 0 fully saturated rings. The van der Waals surface area contributed by atoms with Gasteiger partial charge in [-0.25, -0.2) is 9.78 Å². The Morgan fingerprint density at radius 1 is 1.32 bits per heavy atom. The molecule has 1 amide bonds. The van der Waals surface area contributed by atoms with Crippen molar-refractivity contribution in [2.24, 2.45) is 0 Å². The molecule has 0 saturated heterocycles. The predicted octanol–water partition coefficient (Wildman–Crippen LogP) is 3.15. The number of rotatable bonds is 5. The smallest absolute Gasteiger partial charge is 0.336 e. The maximum atomic E-state index is 11.9. The first-order valence-corrected chi connectivity index (χ1v) is 8.66. The summed E-state index contributed by atoms with van der Waals surface area (Å²) in [6.07, 6.45) is 1.88. The van der Waals surface area contributed by atoms with Crippen molar-refractivity contribution in [2.45, 2.75) is 26.9 Å². The first kappa shape index (κ1) is 17.3. The van der Waals surface area contributed by atoms with Crippen LogP contribution in [0.3, 0.4) is 0 Å². The van der Waals surface area contributed by atoms with Crippen LogP contribution in [0.2, 0.25) is 0 Å². The van der Waals surface area contributed by atoms with Crippen molar-refractivity contribution in [2.75, 3.05) is 12.4 Å². The molecule has 6 nitrogen and oxygen atoms in total. The van der Waals surface area contributed by atoms with Crippen molar-refractivity contribution in [1.82, 2.24) is 9.88 Å². The van der Waals surface area contributed by atoms with E-state index in [1.54, 1.807) is 23.5 Å². The van der Waals surface area contributed by atoms with Gasteiger partial charge in [-0.1, -0.05) is 0 Å². The number of thiazole rings is 1. The Balaban J connectivity index is 1.87. The van der Waals surface area contributed by atoms with Crippen LogP contribution in [0.25, 0.3) is 11.0 Å². The van der Waals surface area contributed by atoms with Gasteiger partial charge in [0, 0.05) is 54.3 Å². The Kier molecular flexibility index (Phi) is 4.96. The first-order chi connectivity index (χ1) is 11.9. The second kappa shape index (κ2) is 7.16. The third kappa shape index (κ3) is 4.32. The summed E-state index contributed by atoms with van der Waals surface area (Å²) < 4.78 is 5.29. The van der Waals surface area contributed by atoms with Crippen LogP contribution in [0.15, 0.2) is 39.7 Å². The fourth-order valence-electron chi connectivity index (χ4n) is 2.73. The van der Waals surface area contributed by atoms with E-state index < -0.39 is 5.63 Å². The molecule has 7 heteroatoms. The topological polar surface area (TPSA) is 75.4 Å². The summed E-state index contributed by atoms with van der Waals surface area (Å²) in [6, 6.07) is 6.87. The van der Waals surface area contributed by atoms with Crippen LogP contribution in [0.5, 0.6) is 0 Å². The number of aromatic nitrogens is 1. The minimum atomic E-state index is -0.399. The number of benzene rings is 1. The highest BCUT2D eigenvalue weighted by atomic mass is 32.1. The van der Waals surface area contributed by atoms with Gasteiger partial charge in [0.05, 0.1) is 5.01 Å². The van der Waals surface area contributed by atoms with E-state index in [2.05, 4.69) is 15.2 Å². The second-order valence-electron chi connectivity index (χ2n) is 6.00. The van der Waals surface area contributed by atoms with E-state index in [0.717, 1.165) is 22.5 Å². The lowest BCUT2D eigenvalue weighted by atomic mass is 10.1. The standard InChI is InChI=1S/C18H19N3O3S/c1-11(22)20-14-4-5-16-13(6-18(23)24-17(16)7-14)9-21(3)10-15-8-19-12(2)25-15/h4-8H,9-10H2,1-3H3,(H,20,22). The van der Waals surface area contributed by atoms with Gasteiger partial charge < -0.3 is 9.73 Å². The molecule has 2 heterocycles. The summed E-state index contributed by atoms with van der Waals surface area (Å²) in [6.45, 7) is 4.79. The van der Waals surface area contributed by atoms with Gasteiger partial charge in [-0.3, -0.25) is 9.69 Å². The predicted molar refractivity (Wildman–Crippen MR) is 98.8 cm³/mol. The van der Waals surface area contributed by atoms with E-state index in [1.165, 1.54) is 17.9 Å². The molecule has 0 aliphatic heterocycles. The van der Waals surface area contributed by atoms with Gasteiger partial charge in [0.1, 0.15) is 5.58 Å². The molecule has 3 aromatic rings. The van der Waals surface area contributed by atoms with Crippen molar-refractivity contribution < 1.29 is 9.21 Å². The molecule has 2 aromatic heterocycles. The summed E-state index contributed by atoms with van der Waals surface area (Å²) in [5, 5.41) is 4.60. The molecule has 1 N–H and O–H groups in total. The Morgan fingerprint density at radius 3 is 2.80 bits per heavy atom. The molecular formula is C18H19N3O3S. The average molecular weight is 357 g/mol.